The lowest BCUT2D eigenvalue weighted by Gasteiger charge is -2.03. The molecule has 0 fully saturated rings. The van der Waals surface area contributed by atoms with Crippen LogP contribution >= 0.6 is 31.9 Å². The van der Waals surface area contributed by atoms with Crippen molar-refractivity contribution in [3.05, 3.63) is 39.6 Å². The highest BCUT2D eigenvalue weighted by molar-refractivity contribution is 9.11. The third kappa shape index (κ3) is 2.16. The predicted octanol–water partition coefficient (Wildman–Crippen LogP) is 3.99. The molecule has 0 saturated carbocycles. The Bertz CT molecular complexity index is 428. The minimum Gasteiger partial charge on any atom is -0.417 e. The van der Waals surface area contributed by atoms with E-state index in [0.29, 0.717) is 5.75 Å². The second-order valence-corrected chi connectivity index (χ2v) is 4.24. The molecule has 0 aliphatic heterocycles. The molecule has 0 amide bonds. The molecule has 1 aromatic heterocycles. The van der Waals surface area contributed by atoms with Gasteiger partial charge in [-0.25, -0.2) is 0 Å². The Morgan fingerprint density at radius 2 is 2.14 bits per heavy atom. The van der Waals surface area contributed by atoms with E-state index < -0.39 is 0 Å². The average Bonchev–Trinajstić information content (AvgIpc) is 2.62. The number of nitrogens with zero attached hydrogens (tertiary/aromatic N) is 1. The summed E-state index contributed by atoms with van der Waals surface area (Å²) in [6.07, 6.45) is 3.22. The SMILES string of the molecule is Brc1ccc(Oc2ncco2)c(Br)c1. The molecule has 1 heterocycles. The zero-order chi connectivity index (χ0) is 9.97. The first-order valence-electron chi connectivity index (χ1n) is 3.78. The fourth-order valence-electron chi connectivity index (χ4n) is 0.913. The minimum atomic E-state index is 0.230. The monoisotopic (exact) mass is 317 g/mol. The predicted molar refractivity (Wildman–Crippen MR) is 58.4 cm³/mol. The highest BCUT2D eigenvalue weighted by Crippen LogP contribution is 2.31. The van der Waals surface area contributed by atoms with Gasteiger partial charge in [-0.3, -0.25) is 0 Å². The molecule has 2 rings (SSSR count). The molecule has 0 unspecified atom stereocenters. The van der Waals surface area contributed by atoms with Crippen LogP contribution in [0.3, 0.4) is 0 Å². The van der Waals surface area contributed by atoms with Crippen molar-refractivity contribution >= 4 is 31.9 Å². The van der Waals surface area contributed by atoms with Crippen LogP contribution in [0.25, 0.3) is 0 Å². The highest BCUT2D eigenvalue weighted by Gasteiger charge is 2.05. The molecule has 1 aromatic carbocycles. The molecule has 0 bridgehead atoms. The Kier molecular flexibility index (Phi) is 2.88. The van der Waals surface area contributed by atoms with Gasteiger partial charge in [0.15, 0.2) is 0 Å². The van der Waals surface area contributed by atoms with Crippen molar-refractivity contribution in [1.82, 2.24) is 4.98 Å². The lowest BCUT2D eigenvalue weighted by Crippen LogP contribution is -1.84. The third-order valence-corrected chi connectivity index (χ3v) is 2.61. The first-order valence-corrected chi connectivity index (χ1v) is 5.37. The molecule has 0 radical (unpaired) electrons. The van der Waals surface area contributed by atoms with Gasteiger partial charge in [-0.2, -0.15) is 4.98 Å². The zero-order valence-corrected chi connectivity index (χ0v) is 10.1. The van der Waals surface area contributed by atoms with E-state index in [4.69, 9.17) is 9.15 Å². The van der Waals surface area contributed by atoms with Crippen molar-refractivity contribution in [2.75, 3.05) is 0 Å². The highest BCUT2D eigenvalue weighted by atomic mass is 79.9. The lowest BCUT2D eigenvalue weighted by molar-refractivity contribution is 0.329. The van der Waals surface area contributed by atoms with E-state index in [9.17, 15) is 0 Å². The fraction of sp³-hybridized carbons (Fsp3) is 0. The largest absolute Gasteiger partial charge is 0.417 e. The van der Waals surface area contributed by atoms with E-state index in [-0.39, 0.29) is 6.08 Å². The van der Waals surface area contributed by atoms with Crippen LogP contribution in [-0.4, -0.2) is 4.98 Å². The summed E-state index contributed by atoms with van der Waals surface area (Å²) >= 11 is 6.72. The van der Waals surface area contributed by atoms with Gasteiger partial charge in [0, 0.05) is 4.47 Å². The van der Waals surface area contributed by atoms with Crippen LogP contribution in [0, 0.1) is 0 Å². The van der Waals surface area contributed by atoms with E-state index in [1.54, 1.807) is 0 Å². The summed E-state index contributed by atoms with van der Waals surface area (Å²) in [4.78, 5) is 3.85. The molecule has 0 aliphatic carbocycles. The Morgan fingerprint density at radius 3 is 2.79 bits per heavy atom. The van der Waals surface area contributed by atoms with Crippen molar-refractivity contribution in [3.63, 3.8) is 0 Å². The van der Waals surface area contributed by atoms with Crippen LogP contribution in [0.5, 0.6) is 11.8 Å². The second-order valence-electron chi connectivity index (χ2n) is 2.47. The molecule has 0 spiro atoms. The van der Waals surface area contributed by atoms with Gasteiger partial charge in [0.05, 0.1) is 10.7 Å². The van der Waals surface area contributed by atoms with Crippen LogP contribution < -0.4 is 4.74 Å². The van der Waals surface area contributed by atoms with E-state index in [1.807, 2.05) is 18.2 Å². The molecule has 0 atom stereocenters. The molecular formula is C9H5Br2NO2. The number of oxazole rings is 1. The topological polar surface area (TPSA) is 35.3 Å². The summed E-state index contributed by atoms with van der Waals surface area (Å²) < 4.78 is 12.1. The number of benzene rings is 1. The van der Waals surface area contributed by atoms with Gasteiger partial charge in [-0.05, 0) is 34.1 Å². The second kappa shape index (κ2) is 4.14. The molecule has 72 valence electrons. The Balaban J connectivity index is 2.25. The molecule has 0 N–H and O–H groups in total. The van der Waals surface area contributed by atoms with Gasteiger partial charge in [-0.1, -0.05) is 15.9 Å². The molecule has 3 nitrogen and oxygen atoms in total. The number of hydrogen-bond acceptors (Lipinski definition) is 3. The molecule has 14 heavy (non-hydrogen) atoms. The standard InChI is InChI=1S/C9H5Br2NO2/c10-6-1-2-8(7(11)5-6)14-9-12-3-4-13-9/h1-5H. The van der Waals surface area contributed by atoms with Gasteiger partial charge >= 0.3 is 6.08 Å². The third-order valence-electron chi connectivity index (χ3n) is 1.50. The Hall–Kier alpha value is -0.810. The van der Waals surface area contributed by atoms with Crippen molar-refractivity contribution in [2.24, 2.45) is 0 Å². The van der Waals surface area contributed by atoms with Gasteiger partial charge in [-0.15, -0.1) is 0 Å². The van der Waals surface area contributed by atoms with Crippen molar-refractivity contribution in [2.45, 2.75) is 0 Å². The summed E-state index contributed by atoms with van der Waals surface area (Å²) in [6, 6.07) is 5.58. The molecular weight excluding hydrogens is 314 g/mol. The Labute approximate surface area is 97.4 Å². The number of rotatable bonds is 2. The van der Waals surface area contributed by atoms with E-state index in [1.165, 1.54) is 12.5 Å². The van der Waals surface area contributed by atoms with Crippen molar-refractivity contribution in [1.29, 1.82) is 0 Å². The first-order chi connectivity index (χ1) is 6.75. The quantitative estimate of drug-likeness (QED) is 0.839. The summed E-state index contributed by atoms with van der Waals surface area (Å²) in [7, 11) is 0. The van der Waals surface area contributed by atoms with Gasteiger partial charge in [0.1, 0.15) is 12.0 Å². The van der Waals surface area contributed by atoms with Crippen molar-refractivity contribution < 1.29 is 9.15 Å². The van der Waals surface area contributed by atoms with Crippen LogP contribution in [0.1, 0.15) is 0 Å². The zero-order valence-electron chi connectivity index (χ0n) is 6.91. The maximum atomic E-state index is 5.36. The number of aromatic nitrogens is 1. The summed E-state index contributed by atoms with van der Waals surface area (Å²) in [5.41, 5.74) is 0. The number of hydrogen-bond donors (Lipinski definition) is 0. The smallest absolute Gasteiger partial charge is 0.399 e. The Morgan fingerprint density at radius 1 is 1.29 bits per heavy atom. The van der Waals surface area contributed by atoms with Crippen molar-refractivity contribution in [3.8, 4) is 11.8 Å². The number of halogens is 2. The van der Waals surface area contributed by atoms with Crippen LogP contribution in [0.2, 0.25) is 0 Å². The molecule has 2 aromatic rings. The van der Waals surface area contributed by atoms with E-state index in [2.05, 4.69) is 36.8 Å². The maximum absolute atomic E-state index is 5.36. The number of ether oxygens (including phenoxy) is 1. The average molecular weight is 319 g/mol. The summed E-state index contributed by atoms with van der Waals surface area (Å²) in [5.74, 6) is 0.663. The van der Waals surface area contributed by atoms with Gasteiger partial charge in [0.2, 0.25) is 0 Å². The van der Waals surface area contributed by atoms with Gasteiger partial charge < -0.3 is 9.15 Å². The lowest BCUT2D eigenvalue weighted by atomic mass is 10.3. The first kappa shape index (κ1) is 9.73. The fourth-order valence-corrected chi connectivity index (χ4v) is 2.04. The van der Waals surface area contributed by atoms with Crippen LogP contribution in [-0.2, 0) is 0 Å². The van der Waals surface area contributed by atoms with E-state index in [0.717, 1.165) is 8.95 Å². The van der Waals surface area contributed by atoms with Crippen LogP contribution in [0.15, 0.2) is 44.0 Å². The van der Waals surface area contributed by atoms with E-state index >= 15 is 0 Å². The molecule has 0 aliphatic rings. The maximum Gasteiger partial charge on any atom is 0.399 e. The summed E-state index contributed by atoms with van der Waals surface area (Å²) in [5, 5.41) is 0. The molecule has 5 heteroatoms. The minimum absolute atomic E-state index is 0.230. The van der Waals surface area contributed by atoms with Crippen LogP contribution in [0.4, 0.5) is 0 Å². The summed E-state index contributed by atoms with van der Waals surface area (Å²) in [6.45, 7) is 0. The molecule has 0 saturated heterocycles. The normalized spacial score (nSPS) is 10.1. The van der Waals surface area contributed by atoms with Gasteiger partial charge in [0.25, 0.3) is 0 Å².